The van der Waals surface area contributed by atoms with Crippen molar-refractivity contribution in [3.05, 3.63) is 29.8 Å². The van der Waals surface area contributed by atoms with Crippen molar-refractivity contribution in [2.75, 3.05) is 6.61 Å². The van der Waals surface area contributed by atoms with Crippen LogP contribution in [0.15, 0.2) is 24.3 Å². The molecule has 1 aromatic rings. The molecule has 1 N–H and O–H groups in total. The summed E-state index contributed by atoms with van der Waals surface area (Å²) in [5, 5.41) is 2.74. The van der Waals surface area contributed by atoms with Gasteiger partial charge < -0.3 is 10.1 Å². The summed E-state index contributed by atoms with van der Waals surface area (Å²) in [4.78, 5) is 23.6. The first-order valence-corrected chi connectivity index (χ1v) is 6.18. The number of amides is 1. The fourth-order valence-corrected chi connectivity index (χ4v) is 2.08. The van der Waals surface area contributed by atoms with Gasteiger partial charge in [0.15, 0.2) is 5.78 Å². The molecule has 18 heavy (non-hydrogen) atoms. The second-order valence-corrected chi connectivity index (χ2v) is 4.45. The molecular weight excluding hydrogens is 230 g/mol. The molecule has 0 saturated heterocycles. The Kier molecular flexibility index (Phi) is 3.65. The zero-order valence-electron chi connectivity index (χ0n) is 10.6. The third kappa shape index (κ3) is 2.37. The van der Waals surface area contributed by atoms with Crippen molar-refractivity contribution in [3.8, 4) is 5.75 Å². The molecule has 96 valence electrons. The summed E-state index contributed by atoms with van der Waals surface area (Å²) in [6.07, 6.45) is 0.430. The Hall–Kier alpha value is -1.84. The molecule has 1 amide bonds. The first kappa shape index (κ1) is 12.6. The van der Waals surface area contributed by atoms with Gasteiger partial charge in [-0.15, -0.1) is 0 Å². The summed E-state index contributed by atoms with van der Waals surface area (Å²) in [5.74, 6) is 0.338. The maximum atomic E-state index is 12.1. The second kappa shape index (κ2) is 5.21. The number of fused-ring (bicyclic) bond motifs is 1. The summed E-state index contributed by atoms with van der Waals surface area (Å²) in [6, 6.07) is 7.06. The van der Waals surface area contributed by atoms with E-state index in [0.717, 1.165) is 11.3 Å². The van der Waals surface area contributed by atoms with Gasteiger partial charge in [0.1, 0.15) is 18.3 Å². The van der Waals surface area contributed by atoms with Gasteiger partial charge in [0.05, 0.1) is 6.04 Å². The van der Waals surface area contributed by atoms with E-state index in [0.29, 0.717) is 13.0 Å². The molecule has 0 aromatic heterocycles. The van der Waals surface area contributed by atoms with Crippen molar-refractivity contribution in [2.24, 2.45) is 0 Å². The zero-order chi connectivity index (χ0) is 13.1. The number of Topliss-reactive ketones (excluding diaryl/α,β-unsaturated/α-hetero) is 1. The Bertz CT molecular complexity index is 470. The molecule has 1 aliphatic rings. The number of hydrogen-bond donors (Lipinski definition) is 1. The quantitative estimate of drug-likeness (QED) is 0.880. The number of hydrogen-bond acceptors (Lipinski definition) is 3. The molecule has 4 heteroatoms. The lowest BCUT2D eigenvalue weighted by atomic mass is 10.00. The van der Waals surface area contributed by atoms with Gasteiger partial charge in [0.25, 0.3) is 0 Å². The van der Waals surface area contributed by atoms with Crippen molar-refractivity contribution < 1.29 is 14.3 Å². The molecule has 4 nitrogen and oxygen atoms in total. The van der Waals surface area contributed by atoms with E-state index in [4.69, 9.17) is 4.74 Å². The molecule has 1 heterocycles. The Morgan fingerprint density at radius 2 is 2.17 bits per heavy atom. The molecule has 0 radical (unpaired) electrons. The van der Waals surface area contributed by atoms with Gasteiger partial charge in [0, 0.05) is 12.0 Å². The molecule has 0 saturated carbocycles. The van der Waals surface area contributed by atoms with Crippen molar-refractivity contribution >= 4 is 11.7 Å². The summed E-state index contributed by atoms with van der Waals surface area (Å²) < 4.78 is 5.45. The fourth-order valence-electron chi connectivity index (χ4n) is 2.08. The Morgan fingerprint density at radius 1 is 1.44 bits per heavy atom. The average Bonchev–Trinajstić information content (AvgIpc) is 2.81. The molecule has 0 fully saturated rings. The van der Waals surface area contributed by atoms with Crippen LogP contribution in [0.4, 0.5) is 0 Å². The number of nitrogens with one attached hydrogen (secondary N) is 1. The molecule has 2 rings (SSSR count). The summed E-state index contributed by atoms with van der Waals surface area (Å²) in [5.41, 5.74) is 0.895. The molecule has 1 aliphatic heterocycles. The summed E-state index contributed by atoms with van der Waals surface area (Å²) >= 11 is 0. The van der Waals surface area contributed by atoms with E-state index in [9.17, 15) is 9.59 Å². The topological polar surface area (TPSA) is 55.4 Å². The van der Waals surface area contributed by atoms with Crippen LogP contribution in [0.25, 0.3) is 0 Å². The smallest absolute Gasteiger partial charge is 0.231 e. The molecule has 1 aromatic carbocycles. The highest BCUT2D eigenvalue weighted by Gasteiger charge is 2.31. The third-order valence-electron chi connectivity index (χ3n) is 3.21. The molecule has 2 unspecified atom stereocenters. The number of carbonyl (C=O) groups excluding carboxylic acids is 2. The minimum absolute atomic E-state index is 0.0375. The van der Waals surface area contributed by atoms with Crippen LogP contribution in [-0.4, -0.2) is 24.3 Å². The number of carbonyl (C=O) groups is 2. The molecule has 2 atom stereocenters. The van der Waals surface area contributed by atoms with Crippen LogP contribution >= 0.6 is 0 Å². The van der Waals surface area contributed by atoms with Gasteiger partial charge in [-0.3, -0.25) is 9.59 Å². The van der Waals surface area contributed by atoms with Gasteiger partial charge in [-0.05, 0) is 13.0 Å². The van der Waals surface area contributed by atoms with Crippen molar-refractivity contribution in [3.63, 3.8) is 0 Å². The van der Waals surface area contributed by atoms with Gasteiger partial charge in [-0.25, -0.2) is 0 Å². The van der Waals surface area contributed by atoms with E-state index in [1.165, 1.54) is 0 Å². The maximum absolute atomic E-state index is 12.1. The minimum Gasteiger partial charge on any atom is -0.492 e. The van der Waals surface area contributed by atoms with Gasteiger partial charge in [-0.1, -0.05) is 25.1 Å². The summed E-state index contributed by atoms with van der Waals surface area (Å²) in [6.45, 7) is 3.85. The van der Waals surface area contributed by atoms with E-state index in [2.05, 4.69) is 5.32 Å². The zero-order valence-corrected chi connectivity index (χ0v) is 10.6. The van der Waals surface area contributed by atoms with Crippen LogP contribution in [0.5, 0.6) is 5.75 Å². The van der Waals surface area contributed by atoms with Crippen LogP contribution in [0.2, 0.25) is 0 Å². The summed E-state index contributed by atoms with van der Waals surface area (Å²) in [7, 11) is 0. The van der Waals surface area contributed by atoms with Crippen molar-refractivity contribution in [1.29, 1.82) is 0 Å². The predicted octanol–water partition coefficient (Wildman–Crippen LogP) is 1.65. The van der Waals surface area contributed by atoms with Gasteiger partial charge in [-0.2, -0.15) is 0 Å². The normalized spacial score (nSPS) is 18.7. The first-order chi connectivity index (χ1) is 8.63. The SMILES string of the molecule is CCC(=O)C(C)NC(=O)C1COc2ccccc21. The van der Waals surface area contributed by atoms with Crippen molar-refractivity contribution in [2.45, 2.75) is 32.2 Å². The highest BCUT2D eigenvalue weighted by molar-refractivity contribution is 5.91. The fraction of sp³-hybridized carbons (Fsp3) is 0.429. The standard InChI is InChI=1S/C14H17NO3/c1-3-12(16)9(2)15-14(17)11-8-18-13-7-5-4-6-10(11)13/h4-7,9,11H,3,8H2,1-2H3,(H,15,17). The number of rotatable bonds is 4. The monoisotopic (exact) mass is 247 g/mol. The number of para-hydroxylation sites is 1. The van der Waals surface area contributed by atoms with Crippen LogP contribution in [0, 0.1) is 0 Å². The van der Waals surface area contributed by atoms with Crippen LogP contribution in [-0.2, 0) is 9.59 Å². The van der Waals surface area contributed by atoms with Crippen LogP contribution in [0.1, 0.15) is 31.7 Å². The predicted molar refractivity (Wildman–Crippen MR) is 67.6 cm³/mol. The molecular formula is C14H17NO3. The lowest BCUT2D eigenvalue weighted by Gasteiger charge is -2.15. The highest BCUT2D eigenvalue weighted by atomic mass is 16.5. The van der Waals surface area contributed by atoms with E-state index < -0.39 is 6.04 Å². The molecule has 0 aliphatic carbocycles. The van der Waals surface area contributed by atoms with E-state index >= 15 is 0 Å². The number of ether oxygens (including phenoxy) is 1. The molecule has 0 spiro atoms. The van der Waals surface area contributed by atoms with Gasteiger partial charge >= 0.3 is 0 Å². The average molecular weight is 247 g/mol. The number of ketones is 1. The Morgan fingerprint density at radius 3 is 2.89 bits per heavy atom. The largest absolute Gasteiger partial charge is 0.492 e. The Balaban J connectivity index is 2.06. The third-order valence-corrected chi connectivity index (χ3v) is 3.21. The van der Waals surface area contributed by atoms with Crippen LogP contribution < -0.4 is 10.1 Å². The number of benzene rings is 1. The van der Waals surface area contributed by atoms with E-state index in [1.807, 2.05) is 24.3 Å². The van der Waals surface area contributed by atoms with Crippen LogP contribution in [0.3, 0.4) is 0 Å². The lowest BCUT2D eigenvalue weighted by Crippen LogP contribution is -2.41. The second-order valence-electron chi connectivity index (χ2n) is 4.45. The first-order valence-electron chi connectivity index (χ1n) is 6.18. The van der Waals surface area contributed by atoms with E-state index in [-0.39, 0.29) is 17.6 Å². The Labute approximate surface area is 106 Å². The van der Waals surface area contributed by atoms with Crippen molar-refractivity contribution in [1.82, 2.24) is 5.32 Å². The van der Waals surface area contributed by atoms with E-state index in [1.54, 1.807) is 13.8 Å². The molecule has 0 bridgehead atoms. The lowest BCUT2D eigenvalue weighted by molar-refractivity contribution is -0.128. The highest BCUT2D eigenvalue weighted by Crippen LogP contribution is 2.33. The van der Waals surface area contributed by atoms with Gasteiger partial charge in [0.2, 0.25) is 5.91 Å². The minimum atomic E-state index is -0.435. The maximum Gasteiger partial charge on any atom is 0.231 e.